The predicted molar refractivity (Wildman–Crippen MR) is 94.9 cm³/mol. The zero-order chi connectivity index (χ0) is 16.5. The molecule has 2 aromatic rings. The molecule has 0 saturated heterocycles. The minimum atomic E-state index is -0.0954. The molecule has 4 heteroatoms. The Kier molecular flexibility index (Phi) is 3.81. The Morgan fingerprint density at radius 1 is 1.25 bits per heavy atom. The molecule has 1 saturated carbocycles. The average molecular weight is 320 g/mol. The van der Waals surface area contributed by atoms with Crippen molar-refractivity contribution >= 4 is 23.4 Å². The van der Waals surface area contributed by atoms with Gasteiger partial charge in [-0.15, -0.1) is 0 Å². The summed E-state index contributed by atoms with van der Waals surface area (Å²) in [5, 5.41) is 2.82. The molecule has 1 aromatic heterocycles. The van der Waals surface area contributed by atoms with Gasteiger partial charge in [0.05, 0.1) is 12.7 Å². The Bertz CT molecular complexity index is 820. The maximum absolute atomic E-state index is 12.3. The van der Waals surface area contributed by atoms with Crippen LogP contribution in [-0.4, -0.2) is 18.0 Å². The van der Waals surface area contributed by atoms with Gasteiger partial charge in [-0.05, 0) is 60.2 Å². The molecule has 1 N–H and O–H groups in total. The number of benzene rings is 1. The van der Waals surface area contributed by atoms with Gasteiger partial charge in [0.1, 0.15) is 11.6 Å². The normalized spacial score (nSPS) is 18.7. The topological polar surface area (TPSA) is 51.2 Å². The van der Waals surface area contributed by atoms with Crippen molar-refractivity contribution in [2.75, 3.05) is 12.4 Å². The first kappa shape index (κ1) is 14.9. The number of rotatable bonds is 3. The number of aromatic nitrogens is 1. The van der Waals surface area contributed by atoms with E-state index in [1.54, 1.807) is 13.3 Å². The molecule has 2 aliphatic rings. The van der Waals surface area contributed by atoms with Gasteiger partial charge in [0.25, 0.3) is 5.91 Å². The van der Waals surface area contributed by atoms with E-state index < -0.39 is 0 Å². The first-order valence-corrected chi connectivity index (χ1v) is 8.42. The highest BCUT2D eigenvalue weighted by Crippen LogP contribution is 2.40. The summed E-state index contributed by atoms with van der Waals surface area (Å²) in [6, 6.07) is 9.96. The molecule has 1 aliphatic carbocycles. The highest BCUT2D eigenvalue weighted by atomic mass is 16.5. The van der Waals surface area contributed by atoms with Gasteiger partial charge in [-0.2, -0.15) is 0 Å². The van der Waals surface area contributed by atoms with Crippen LogP contribution in [0.3, 0.4) is 0 Å². The van der Waals surface area contributed by atoms with E-state index in [0.29, 0.717) is 17.3 Å². The Morgan fingerprint density at radius 3 is 2.88 bits per heavy atom. The van der Waals surface area contributed by atoms with Crippen LogP contribution in [0.2, 0.25) is 0 Å². The maximum Gasteiger partial charge on any atom is 0.257 e. The number of hydrogen-bond acceptors (Lipinski definition) is 3. The van der Waals surface area contributed by atoms with Gasteiger partial charge < -0.3 is 10.1 Å². The quantitative estimate of drug-likeness (QED) is 0.861. The van der Waals surface area contributed by atoms with Crippen molar-refractivity contribution in [2.24, 2.45) is 0 Å². The van der Waals surface area contributed by atoms with Gasteiger partial charge in [-0.25, -0.2) is 4.98 Å². The number of hydrogen-bond donors (Lipinski definition) is 1. The van der Waals surface area contributed by atoms with Gasteiger partial charge in [0, 0.05) is 11.8 Å². The molecule has 0 bridgehead atoms. The smallest absolute Gasteiger partial charge is 0.257 e. The van der Waals surface area contributed by atoms with Gasteiger partial charge in [-0.1, -0.05) is 18.9 Å². The number of methoxy groups -OCH3 is 1. The Labute approximate surface area is 141 Å². The number of carbonyl (C=O) groups is 1. The van der Waals surface area contributed by atoms with Crippen molar-refractivity contribution in [3.05, 3.63) is 53.2 Å². The van der Waals surface area contributed by atoms with Gasteiger partial charge >= 0.3 is 0 Å². The SMILES string of the molecule is COc1ccc(/C=C2\C(=O)Nc3ncccc32)cc1C1CCCC1. The number of carbonyl (C=O) groups excluding carboxylic acids is 1. The lowest BCUT2D eigenvalue weighted by molar-refractivity contribution is -0.110. The van der Waals surface area contributed by atoms with E-state index in [-0.39, 0.29) is 5.91 Å². The summed E-state index contributed by atoms with van der Waals surface area (Å²) in [4.78, 5) is 16.5. The average Bonchev–Trinajstić information content (AvgIpc) is 3.24. The van der Waals surface area contributed by atoms with E-state index in [1.807, 2.05) is 30.3 Å². The standard InChI is InChI=1S/C20H20N2O2/c1-24-18-9-8-13(11-16(18)14-5-2-3-6-14)12-17-15-7-4-10-21-19(15)22-20(17)23/h4,7-12,14H,2-3,5-6H2,1H3,(H,21,22,23)/b17-12-. The molecule has 0 atom stereocenters. The summed E-state index contributed by atoms with van der Waals surface area (Å²) in [5.41, 5.74) is 3.81. The fraction of sp³-hybridized carbons (Fsp3) is 0.300. The van der Waals surface area contributed by atoms with Crippen LogP contribution in [0, 0.1) is 0 Å². The van der Waals surface area contributed by atoms with E-state index >= 15 is 0 Å². The van der Waals surface area contributed by atoms with Gasteiger partial charge in [0.2, 0.25) is 0 Å². The third kappa shape index (κ3) is 2.58. The van der Waals surface area contributed by atoms with E-state index in [1.165, 1.54) is 31.2 Å². The molecule has 0 spiro atoms. The molecular formula is C20H20N2O2. The zero-order valence-corrected chi connectivity index (χ0v) is 13.7. The molecule has 2 heterocycles. The minimum absolute atomic E-state index is 0.0954. The van der Waals surface area contributed by atoms with Gasteiger partial charge in [0.15, 0.2) is 0 Å². The monoisotopic (exact) mass is 320 g/mol. The summed E-state index contributed by atoms with van der Waals surface area (Å²) in [7, 11) is 1.72. The van der Waals surface area contributed by atoms with Crippen LogP contribution in [0.1, 0.15) is 48.3 Å². The molecule has 0 unspecified atom stereocenters. The summed E-state index contributed by atoms with van der Waals surface area (Å²) in [6.45, 7) is 0. The van der Waals surface area contributed by atoms with E-state index in [4.69, 9.17) is 4.74 Å². The highest BCUT2D eigenvalue weighted by molar-refractivity contribution is 6.34. The first-order valence-electron chi connectivity index (χ1n) is 8.42. The van der Waals surface area contributed by atoms with Crippen molar-refractivity contribution in [3.8, 4) is 5.75 Å². The van der Waals surface area contributed by atoms with E-state index in [2.05, 4.69) is 16.4 Å². The molecule has 24 heavy (non-hydrogen) atoms. The molecule has 1 aliphatic heterocycles. The Hall–Kier alpha value is -2.62. The molecule has 122 valence electrons. The second kappa shape index (κ2) is 6.11. The first-order chi connectivity index (χ1) is 11.8. The second-order valence-corrected chi connectivity index (χ2v) is 6.39. The lowest BCUT2D eigenvalue weighted by Gasteiger charge is -2.15. The number of nitrogens with zero attached hydrogens (tertiary/aromatic N) is 1. The van der Waals surface area contributed by atoms with Crippen LogP contribution in [-0.2, 0) is 4.79 Å². The summed E-state index contributed by atoms with van der Waals surface area (Å²) < 4.78 is 5.55. The van der Waals surface area contributed by atoms with Crippen LogP contribution in [0.4, 0.5) is 5.82 Å². The number of pyridine rings is 1. The minimum Gasteiger partial charge on any atom is -0.496 e. The van der Waals surface area contributed by atoms with Crippen molar-refractivity contribution < 1.29 is 9.53 Å². The van der Waals surface area contributed by atoms with E-state index in [9.17, 15) is 4.79 Å². The molecule has 1 amide bonds. The van der Waals surface area contributed by atoms with Crippen molar-refractivity contribution in [2.45, 2.75) is 31.6 Å². The van der Waals surface area contributed by atoms with Crippen molar-refractivity contribution in [3.63, 3.8) is 0 Å². The highest BCUT2D eigenvalue weighted by Gasteiger charge is 2.25. The fourth-order valence-electron chi connectivity index (χ4n) is 3.73. The lowest BCUT2D eigenvalue weighted by Crippen LogP contribution is -2.04. The summed E-state index contributed by atoms with van der Waals surface area (Å²) in [5.74, 6) is 2.05. The fourth-order valence-corrected chi connectivity index (χ4v) is 3.73. The number of fused-ring (bicyclic) bond motifs is 1. The number of nitrogens with one attached hydrogen (secondary N) is 1. The molecule has 1 aromatic carbocycles. The number of amides is 1. The molecule has 1 fully saturated rings. The van der Waals surface area contributed by atoms with Crippen LogP contribution >= 0.6 is 0 Å². The van der Waals surface area contributed by atoms with Gasteiger partial charge in [-0.3, -0.25) is 4.79 Å². The largest absolute Gasteiger partial charge is 0.496 e. The predicted octanol–water partition coefficient (Wildman–Crippen LogP) is 4.24. The molecule has 0 radical (unpaired) electrons. The number of ether oxygens (including phenoxy) is 1. The molecule has 4 rings (SSSR count). The molecular weight excluding hydrogens is 300 g/mol. The third-order valence-electron chi connectivity index (χ3n) is 4.93. The summed E-state index contributed by atoms with van der Waals surface area (Å²) in [6.07, 6.45) is 8.61. The lowest BCUT2D eigenvalue weighted by atomic mass is 9.94. The molecule has 4 nitrogen and oxygen atoms in total. The Balaban J connectivity index is 1.75. The van der Waals surface area contributed by atoms with Crippen LogP contribution in [0.5, 0.6) is 5.75 Å². The van der Waals surface area contributed by atoms with Crippen molar-refractivity contribution in [1.29, 1.82) is 0 Å². The Morgan fingerprint density at radius 2 is 2.08 bits per heavy atom. The van der Waals surface area contributed by atoms with Crippen LogP contribution < -0.4 is 10.1 Å². The van der Waals surface area contributed by atoms with Crippen molar-refractivity contribution in [1.82, 2.24) is 4.98 Å². The maximum atomic E-state index is 12.3. The van der Waals surface area contributed by atoms with E-state index in [0.717, 1.165) is 16.9 Å². The van der Waals surface area contributed by atoms with Crippen LogP contribution in [0.25, 0.3) is 11.6 Å². The number of anilines is 1. The zero-order valence-electron chi connectivity index (χ0n) is 13.7. The third-order valence-corrected chi connectivity index (χ3v) is 4.93. The van der Waals surface area contributed by atoms with Crippen LogP contribution in [0.15, 0.2) is 36.5 Å². The summed E-state index contributed by atoms with van der Waals surface area (Å²) >= 11 is 0. The second-order valence-electron chi connectivity index (χ2n) is 6.39.